The van der Waals surface area contributed by atoms with Crippen LogP contribution in [0.4, 0.5) is 16.3 Å². The molecule has 3 amide bonds. The van der Waals surface area contributed by atoms with Crippen LogP contribution < -0.4 is 10.2 Å². The molecule has 5 heterocycles. The van der Waals surface area contributed by atoms with Crippen LogP contribution in [0.25, 0.3) is 22.3 Å². The van der Waals surface area contributed by atoms with Gasteiger partial charge in [0.05, 0.1) is 30.8 Å². The van der Waals surface area contributed by atoms with Gasteiger partial charge in [0.25, 0.3) is 0 Å². The second kappa shape index (κ2) is 9.53. The smallest absolute Gasteiger partial charge is 0.322 e. The van der Waals surface area contributed by atoms with Gasteiger partial charge in [0.2, 0.25) is 5.91 Å². The third-order valence-corrected chi connectivity index (χ3v) is 6.70. The molecule has 35 heavy (non-hydrogen) atoms. The first-order chi connectivity index (χ1) is 16.9. The molecule has 0 aromatic carbocycles. The zero-order valence-electron chi connectivity index (χ0n) is 20.3. The number of carbonyl (C=O) groups is 2. The van der Waals surface area contributed by atoms with Crippen molar-refractivity contribution in [2.24, 2.45) is 0 Å². The molecule has 0 unspecified atom stereocenters. The van der Waals surface area contributed by atoms with Gasteiger partial charge in [-0.05, 0) is 32.0 Å². The van der Waals surface area contributed by atoms with E-state index in [1.54, 1.807) is 18.0 Å². The maximum Gasteiger partial charge on any atom is 0.322 e. The van der Waals surface area contributed by atoms with Gasteiger partial charge in [0.15, 0.2) is 0 Å². The molecule has 2 saturated heterocycles. The first kappa shape index (κ1) is 23.1. The summed E-state index contributed by atoms with van der Waals surface area (Å²) >= 11 is 0. The van der Waals surface area contributed by atoms with Crippen molar-refractivity contribution in [2.45, 2.75) is 32.9 Å². The molecule has 186 valence electrons. The van der Waals surface area contributed by atoms with Crippen molar-refractivity contribution in [1.29, 1.82) is 0 Å². The standard InChI is InChI=1S/C25H31N7O3.H2/c1-16-14-31(15-17(2)32(16)18(3)33)23-6-4-5-22(29-23)21-13-27-24-20(21)11-19(12-26-24)28-25(34)30-7-9-35-10-8-30;/h4-6,11-13,16-17H,7-10,14-15H2,1-3H3,(H,26,27)(H,28,34);1H/t16-,17+;. The Morgan fingerprint density at radius 1 is 1.17 bits per heavy atom. The van der Waals surface area contributed by atoms with E-state index < -0.39 is 0 Å². The largest absolute Gasteiger partial charge is 0.378 e. The molecular formula is C25H33N7O3. The molecule has 3 aromatic heterocycles. The highest BCUT2D eigenvalue weighted by Crippen LogP contribution is 2.30. The summed E-state index contributed by atoms with van der Waals surface area (Å²) < 4.78 is 5.33. The van der Waals surface area contributed by atoms with Gasteiger partial charge in [-0.15, -0.1) is 0 Å². The van der Waals surface area contributed by atoms with Crippen LogP contribution in [-0.2, 0) is 9.53 Å². The van der Waals surface area contributed by atoms with E-state index in [1.165, 1.54) is 0 Å². The fourth-order valence-corrected chi connectivity index (χ4v) is 5.13. The topological polar surface area (TPSA) is 107 Å². The van der Waals surface area contributed by atoms with E-state index in [1.807, 2.05) is 35.4 Å². The zero-order chi connectivity index (χ0) is 24.5. The molecular weight excluding hydrogens is 446 g/mol. The predicted molar refractivity (Wildman–Crippen MR) is 137 cm³/mol. The summed E-state index contributed by atoms with van der Waals surface area (Å²) in [7, 11) is 0. The van der Waals surface area contributed by atoms with Gasteiger partial charge in [-0.1, -0.05) is 6.07 Å². The highest BCUT2D eigenvalue weighted by atomic mass is 16.5. The number of pyridine rings is 2. The first-order valence-corrected chi connectivity index (χ1v) is 12.0. The van der Waals surface area contributed by atoms with Gasteiger partial charge in [-0.2, -0.15) is 0 Å². The number of aromatic amines is 1. The van der Waals surface area contributed by atoms with Crippen LogP contribution in [0.3, 0.4) is 0 Å². The van der Waals surface area contributed by atoms with Crippen molar-refractivity contribution in [1.82, 2.24) is 24.8 Å². The van der Waals surface area contributed by atoms with Gasteiger partial charge >= 0.3 is 6.03 Å². The lowest BCUT2D eigenvalue weighted by Crippen LogP contribution is -2.58. The Morgan fingerprint density at radius 2 is 1.91 bits per heavy atom. The lowest BCUT2D eigenvalue weighted by Gasteiger charge is -2.44. The van der Waals surface area contributed by atoms with Crippen molar-refractivity contribution in [3.63, 3.8) is 0 Å². The van der Waals surface area contributed by atoms with Crippen molar-refractivity contribution in [3.8, 4) is 11.3 Å². The van der Waals surface area contributed by atoms with E-state index in [2.05, 4.69) is 34.0 Å². The van der Waals surface area contributed by atoms with Crippen LogP contribution in [0.1, 0.15) is 22.2 Å². The number of piperazine rings is 1. The van der Waals surface area contributed by atoms with Crippen molar-refractivity contribution in [3.05, 3.63) is 36.7 Å². The number of anilines is 2. The van der Waals surface area contributed by atoms with Gasteiger partial charge < -0.3 is 29.7 Å². The minimum absolute atomic E-state index is 0. The first-order valence-electron chi connectivity index (χ1n) is 12.0. The summed E-state index contributed by atoms with van der Waals surface area (Å²) in [5.74, 6) is 0.984. The highest BCUT2D eigenvalue weighted by Gasteiger charge is 2.31. The Kier molecular flexibility index (Phi) is 6.29. The molecule has 5 rings (SSSR count). The molecule has 10 nitrogen and oxygen atoms in total. The van der Waals surface area contributed by atoms with Crippen LogP contribution in [0.5, 0.6) is 0 Å². The Balaban J connectivity index is 0.00000304. The van der Waals surface area contributed by atoms with E-state index >= 15 is 0 Å². The summed E-state index contributed by atoms with van der Waals surface area (Å²) in [5.41, 5.74) is 3.10. The number of aromatic nitrogens is 3. The van der Waals surface area contributed by atoms with Crippen molar-refractivity contribution < 1.29 is 15.8 Å². The van der Waals surface area contributed by atoms with Gasteiger partial charge in [-0.25, -0.2) is 14.8 Å². The highest BCUT2D eigenvalue weighted by molar-refractivity contribution is 5.97. The van der Waals surface area contributed by atoms with Crippen molar-refractivity contribution >= 4 is 34.5 Å². The average Bonchev–Trinajstić information content (AvgIpc) is 3.27. The number of nitrogens with zero attached hydrogens (tertiary/aromatic N) is 5. The molecule has 10 heteroatoms. The number of nitrogens with one attached hydrogen (secondary N) is 2. The molecule has 2 aliphatic heterocycles. The maximum absolute atomic E-state index is 12.6. The molecule has 0 saturated carbocycles. The Bertz CT molecular complexity index is 1230. The van der Waals surface area contributed by atoms with Gasteiger partial charge in [-0.3, -0.25) is 4.79 Å². The van der Waals surface area contributed by atoms with Gasteiger partial charge in [0.1, 0.15) is 11.5 Å². The molecule has 0 radical (unpaired) electrons. The number of H-pyrrole nitrogens is 1. The Labute approximate surface area is 205 Å². The molecule has 2 fully saturated rings. The molecule has 0 bridgehead atoms. The number of morpholine rings is 1. The summed E-state index contributed by atoms with van der Waals surface area (Å²) in [6.07, 6.45) is 3.55. The lowest BCUT2D eigenvalue weighted by atomic mass is 10.1. The minimum Gasteiger partial charge on any atom is -0.378 e. The zero-order valence-corrected chi connectivity index (χ0v) is 20.3. The van der Waals surface area contributed by atoms with Crippen LogP contribution in [0, 0.1) is 0 Å². The molecule has 0 aliphatic carbocycles. The maximum atomic E-state index is 12.6. The normalized spacial score (nSPS) is 20.8. The van der Waals surface area contributed by atoms with E-state index in [0.29, 0.717) is 32.0 Å². The molecule has 3 aromatic rings. The lowest BCUT2D eigenvalue weighted by molar-refractivity contribution is -0.133. The Morgan fingerprint density at radius 3 is 2.63 bits per heavy atom. The number of hydrogen-bond donors (Lipinski definition) is 2. The third-order valence-electron chi connectivity index (χ3n) is 6.70. The number of ether oxygens (including phenoxy) is 1. The molecule has 0 spiro atoms. The number of carbonyl (C=O) groups excluding carboxylic acids is 2. The summed E-state index contributed by atoms with van der Waals surface area (Å²) in [4.78, 5) is 43.2. The second-order valence-corrected chi connectivity index (χ2v) is 9.26. The third kappa shape index (κ3) is 4.66. The van der Waals surface area contributed by atoms with Crippen LogP contribution in [0.15, 0.2) is 36.7 Å². The summed E-state index contributed by atoms with van der Waals surface area (Å²) in [6, 6.07) is 7.97. The van der Waals surface area contributed by atoms with Gasteiger partial charge in [0, 0.05) is 63.8 Å². The quantitative estimate of drug-likeness (QED) is 0.598. The fourth-order valence-electron chi connectivity index (χ4n) is 5.13. The number of fused-ring (bicyclic) bond motifs is 1. The van der Waals surface area contributed by atoms with Crippen molar-refractivity contribution in [2.75, 3.05) is 49.6 Å². The monoisotopic (exact) mass is 479 g/mol. The van der Waals surface area contributed by atoms with E-state index in [0.717, 1.165) is 41.2 Å². The number of urea groups is 1. The SMILES string of the molecule is CC(=O)N1[C@H](C)CN(c2cccc(-c3c[nH]c4ncc(NC(=O)N5CCOCC5)cc34)n2)C[C@@H]1C.[HH]. The minimum atomic E-state index is -0.153. The van der Waals surface area contributed by atoms with E-state index in [-0.39, 0.29) is 25.4 Å². The van der Waals surface area contributed by atoms with Crippen LogP contribution in [0.2, 0.25) is 0 Å². The summed E-state index contributed by atoms with van der Waals surface area (Å²) in [5, 5.41) is 3.84. The molecule has 2 N–H and O–H groups in total. The second-order valence-electron chi connectivity index (χ2n) is 9.26. The fraction of sp³-hybridized carbons (Fsp3) is 0.440. The Hall–Kier alpha value is -3.66. The predicted octanol–water partition coefficient (Wildman–Crippen LogP) is 3.18. The molecule has 2 atom stereocenters. The van der Waals surface area contributed by atoms with E-state index in [4.69, 9.17) is 9.72 Å². The van der Waals surface area contributed by atoms with Crippen LogP contribution in [-0.4, -0.2) is 88.2 Å². The number of hydrogen-bond acceptors (Lipinski definition) is 6. The van der Waals surface area contributed by atoms with Crippen LogP contribution >= 0.6 is 0 Å². The summed E-state index contributed by atoms with van der Waals surface area (Å²) in [6.45, 7) is 9.49. The van der Waals surface area contributed by atoms with E-state index in [9.17, 15) is 9.59 Å². The average molecular weight is 480 g/mol. The number of amides is 3. The molecule has 2 aliphatic rings. The number of rotatable bonds is 3.